The van der Waals surface area contributed by atoms with Crippen LogP contribution in [0.4, 0.5) is 0 Å². The Morgan fingerprint density at radius 2 is 1.47 bits per heavy atom. The average Bonchev–Trinajstić information content (AvgIpc) is 2.13. The van der Waals surface area contributed by atoms with E-state index < -0.39 is 0 Å². The molecule has 0 amide bonds. The van der Waals surface area contributed by atoms with Crippen molar-refractivity contribution in [2.45, 2.75) is 92.0 Å². The summed E-state index contributed by atoms with van der Waals surface area (Å²) < 4.78 is 0. The molecular formula is C16H35N. The first-order valence-electron chi connectivity index (χ1n) is 7.52. The molecule has 1 nitrogen and oxygen atoms in total. The molecule has 0 radical (unpaired) electrons. The van der Waals surface area contributed by atoms with E-state index in [2.05, 4.69) is 41.5 Å². The number of hydrogen-bond donors (Lipinski definition) is 1. The van der Waals surface area contributed by atoms with E-state index in [9.17, 15) is 0 Å². The van der Waals surface area contributed by atoms with Crippen molar-refractivity contribution in [2.24, 2.45) is 17.1 Å². The van der Waals surface area contributed by atoms with Crippen molar-refractivity contribution in [1.82, 2.24) is 0 Å². The van der Waals surface area contributed by atoms with Gasteiger partial charge in [0, 0.05) is 5.54 Å². The average molecular weight is 241 g/mol. The maximum atomic E-state index is 6.21. The molecule has 0 aliphatic carbocycles. The Labute approximate surface area is 110 Å². The van der Waals surface area contributed by atoms with Crippen LogP contribution in [0.15, 0.2) is 0 Å². The van der Waals surface area contributed by atoms with E-state index in [0.717, 1.165) is 12.3 Å². The highest BCUT2D eigenvalue weighted by molar-refractivity contribution is 4.86. The first kappa shape index (κ1) is 17.0. The third-order valence-electron chi connectivity index (χ3n) is 3.81. The largest absolute Gasteiger partial charge is 0.326 e. The minimum atomic E-state index is -0.0414. The van der Waals surface area contributed by atoms with E-state index in [4.69, 9.17) is 5.73 Å². The lowest BCUT2D eigenvalue weighted by Crippen LogP contribution is -2.40. The van der Waals surface area contributed by atoms with Crippen LogP contribution in [0.25, 0.3) is 0 Å². The van der Waals surface area contributed by atoms with Gasteiger partial charge in [-0.2, -0.15) is 0 Å². The van der Waals surface area contributed by atoms with Crippen LogP contribution in [0.1, 0.15) is 86.5 Å². The molecule has 17 heavy (non-hydrogen) atoms. The van der Waals surface area contributed by atoms with Crippen molar-refractivity contribution in [2.75, 3.05) is 0 Å². The second-order valence-corrected chi connectivity index (χ2v) is 7.14. The first-order chi connectivity index (χ1) is 7.73. The van der Waals surface area contributed by atoms with Gasteiger partial charge in [0.2, 0.25) is 0 Å². The maximum absolute atomic E-state index is 6.21. The van der Waals surface area contributed by atoms with Gasteiger partial charge in [-0.1, -0.05) is 59.8 Å². The van der Waals surface area contributed by atoms with E-state index in [1.165, 1.54) is 38.5 Å². The fourth-order valence-corrected chi connectivity index (χ4v) is 3.23. The normalized spacial score (nSPS) is 15.0. The molecule has 0 aromatic carbocycles. The number of rotatable bonds is 9. The SMILES string of the molecule is CCCCCC(CCC)C(C)(C)CC(C)(C)N. The van der Waals surface area contributed by atoms with Gasteiger partial charge in [0.25, 0.3) is 0 Å². The zero-order chi connectivity index (χ0) is 13.5. The van der Waals surface area contributed by atoms with E-state index in [0.29, 0.717) is 5.41 Å². The van der Waals surface area contributed by atoms with Gasteiger partial charge in [0.05, 0.1) is 0 Å². The summed E-state index contributed by atoms with van der Waals surface area (Å²) in [5, 5.41) is 0. The standard InChI is InChI=1S/C16H35N/c1-7-9-10-12-14(11-8-2)15(3,4)13-16(5,6)17/h14H,7-13,17H2,1-6H3. The van der Waals surface area contributed by atoms with Crippen LogP contribution in [0, 0.1) is 11.3 Å². The van der Waals surface area contributed by atoms with Crippen LogP contribution in [0.2, 0.25) is 0 Å². The van der Waals surface area contributed by atoms with Gasteiger partial charge in [-0.05, 0) is 38.0 Å². The Hall–Kier alpha value is -0.0400. The molecule has 0 aromatic heterocycles. The minimum Gasteiger partial charge on any atom is -0.326 e. The molecule has 1 unspecified atom stereocenters. The molecule has 0 rings (SSSR count). The Kier molecular flexibility index (Phi) is 7.39. The predicted octanol–water partition coefficient (Wildman–Crippen LogP) is 5.14. The van der Waals surface area contributed by atoms with Gasteiger partial charge in [-0.25, -0.2) is 0 Å². The second-order valence-electron chi connectivity index (χ2n) is 7.14. The molecule has 1 atom stereocenters. The van der Waals surface area contributed by atoms with E-state index >= 15 is 0 Å². The summed E-state index contributed by atoms with van der Waals surface area (Å²) in [6.07, 6.45) is 9.24. The Balaban J connectivity index is 4.43. The third-order valence-corrected chi connectivity index (χ3v) is 3.81. The number of hydrogen-bond acceptors (Lipinski definition) is 1. The van der Waals surface area contributed by atoms with Crippen LogP contribution < -0.4 is 5.73 Å². The Morgan fingerprint density at radius 1 is 0.882 bits per heavy atom. The van der Waals surface area contributed by atoms with Gasteiger partial charge < -0.3 is 5.73 Å². The fourth-order valence-electron chi connectivity index (χ4n) is 3.23. The highest BCUT2D eigenvalue weighted by Crippen LogP contribution is 2.40. The van der Waals surface area contributed by atoms with E-state index in [-0.39, 0.29) is 5.54 Å². The quantitative estimate of drug-likeness (QED) is 0.556. The molecule has 0 heterocycles. The van der Waals surface area contributed by atoms with E-state index in [1.54, 1.807) is 0 Å². The van der Waals surface area contributed by atoms with Crippen LogP contribution in [0.5, 0.6) is 0 Å². The minimum absolute atomic E-state index is 0.0414. The van der Waals surface area contributed by atoms with Crippen LogP contribution in [-0.2, 0) is 0 Å². The molecule has 2 N–H and O–H groups in total. The molecule has 0 saturated carbocycles. The molecule has 0 spiro atoms. The molecule has 0 aromatic rings. The van der Waals surface area contributed by atoms with Crippen molar-refractivity contribution in [3.63, 3.8) is 0 Å². The second kappa shape index (κ2) is 7.41. The first-order valence-corrected chi connectivity index (χ1v) is 7.52. The summed E-state index contributed by atoms with van der Waals surface area (Å²) in [6, 6.07) is 0. The van der Waals surface area contributed by atoms with Gasteiger partial charge in [0.15, 0.2) is 0 Å². The molecule has 0 bridgehead atoms. The summed E-state index contributed by atoms with van der Waals surface area (Å²) in [7, 11) is 0. The molecule has 0 saturated heterocycles. The van der Waals surface area contributed by atoms with Crippen LogP contribution in [-0.4, -0.2) is 5.54 Å². The van der Waals surface area contributed by atoms with Crippen LogP contribution in [0.3, 0.4) is 0 Å². The molecule has 1 heteroatoms. The third kappa shape index (κ3) is 7.81. The summed E-state index contributed by atoms with van der Waals surface area (Å²) in [5.74, 6) is 0.835. The van der Waals surface area contributed by atoms with Gasteiger partial charge in [-0.15, -0.1) is 0 Å². The summed E-state index contributed by atoms with van der Waals surface area (Å²) in [4.78, 5) is 0. The zero-order valence-corrected chi connectivity index (χ0v) is 13.1. The number of unbranched alkanes of at least 4 members (excludes halogenated alkanes) is 2. The Bertz CT molecular complexity index is 188. The van der Waals surface area contributed by atoms with E-state index in [1.807, 2.05) is 0 Å². The molecule has 0 fully saturated rings. The smallest absolute Gasteiger partial charge is 0.0102 e. The number of nitrogens with two attached hydrogens (primary N) is 1. The van der Waals surface area contributed by atoms with Crippen molar-refractivity contribution in [3.05, 3.63) is 0 Å². The van der Waals surface area contributed by atoms with Crippen molar-refractivity contribution in [1.29, 1.82) is 0 Å². The lowest BCUT2D eigenvalue weighted by atomic mass is 9.68. The van der Waals surface area contributed by atoms with Crippen molar-refractivity contribution < 1.29 is 0 Å². The van der Waals surface area contributed by atoms with Gasteiger partial charge in [-0.3, -0.25) is 0 Å². The van der Waals surface area contributed by atoms with Gasteiger partial charge >= 0.3 is 0 Å². The lowest BCUT2D eigenvalue weighted by Gasteiger charge is -2.39. The maximum Gasteiger partial charge on any atom is 0.0102 e. The Morgan fingerprint density at radius 3 is 1.88 bits per heavy atom. The highest BCUT2D eigenvalue weighted by Gasteiger charge is 2.32. The van der Waals surface area contributed by atoms with Crippen molar-refractivity contribution >= 4 is 0 Å². The van der Waals surface area contributed by atoms with Crippen LogP contribution >= 0.6 is 0 Å². The summed E-state index contributed by atoms with van der Waals surface area (Å²) in [6.45, 7) is 13.7. The predicted molar refractivity (Wildman–Crippen MR) is 79.2 cm³/mol. The highest BCUT2D eigenvalue weighted by atomic mass is 14.7. The topological polar surface area (TPSA) is 26.0 Å². The molecular weight excluding hydrogens is 206 g/mol. The summed E-state index contributed by atoms with van der Waals surface area (Å²) >= 11 is 0. The lowest BCUT2D eigenvalue weighted by molar-refractivity contribution is 0.136. The summed E-state index contributed by atoms with van der Waals surface area (Å²) in [5.41, 5.74) is 6.55. The molecule has 0 aliphatic heterocycles. The van der Waals surface area contributed by atoms with Gasteiger partial charge in [0.1, 0.15) is 0 Å². The molecule has 0 aliphatic rings. The van der Waals surface area contributed by atoms with Crippen molar-refractivity contribution in [3.8, 4) is 0 Å². The fraction of sp³-hybridized carbons (Fsp3) is 1.00. The molecule has 104 valence electrons. The monoisotopic (exact) mass is 241 g/mol. The zero-order valence-electron chi connectivity index (χ0n) is 13.1.